The highest BCUT2D eigenvalue weighted by atomic mass is 16.6. The van der Waals surface area contributed by atoms with Crippen LogP contribution in [0.4, 0.5) is 5.69 Å². The molecule has 0 amide bonds. The number of benzene rings is 2. The SMILES string of the molecule is O=[N+]([O-])c1ccc(-c2nncn2-c2ccccc2)cc1. The quantitative estimate of drug-likeness (QED) is 0.539. The number of hydrogen-bond acceptors (Lipinski definition) is 4. The molecule has 3 aromatic rings. The van der Waals surface area contributed by atoms with Crippen molar-refractivity contribution in [2.75, 3.05) is 0 Å². The number of hydrogen-bond donors (Lipinski definition) is 0. The van der Waals surface area contributed by atoms with Gasteiger partial charge in [0, 0.05) is 23.4 Å². The first kappa shape index (κ1) is 12.0. The molecule has 0 radical (unpaired) electrons. The second-order valence-electron chi connectivity index (χ2n) is 4.16. The lowest BCUT2D eigenvalue weighted by molar-refractivity contribution is -0.384. The maximum atomic E-state index is 10.7. The van der Waals surface area contributed by atoms with Gasteiger partial charge in [-0.2, -0.15) is 0 Å². The second kappa shape index (κ2) is 4.93. The van der Waals surface area contributed by atoms with Crippen molar-refractivity contribution in [1.29, 1.82) is 0 Å². The van der Waals surface area contributed by atoms with Crippen LogP contribution in [-0.2, 0) is 0 Å². The van der Waals surface area contributed by atoms with E-state index in [1.165, 1.54) is 12.1 Å². The summed E-state index contributed by atoms with van der Waals surface area (Å²) in [5.41, 5.74) is 1.77. The van der Waals surface area contributed by atoms with Gasteiger partial charge in [-0.1, -0.05) is 18.2 Å². The molecule has 0 spiro atoms. The van der Waals surface area contributed by atoms with E-state index < -0.39 is 4.92 Å². The van der Waals surface area contributed by atoms with E-state index in [0.717, 1.165) is 11.3 Å². The van der Waals surface area contributed by atoms with E-state index in [0.29, 0.717) is 5.82 Å². The molecule has 0 saturated heterocycles. The van der Waals surface area contributed by atoms with E-state index in [-0.39, 0.29) is 5.69 Å². The minimum atomic E-state index is -0.425. The molecular formula is C14H10N4O2. The predicted octanol–water partition coefficient (Wildman–Crippen LogP) is 2.84. The largest absolute Gasteiger partial charge is 0.282 e. The number of para-hydroxylation sites is 1. The highest BCUT2D eigenvalue weighted by Crippen LogP contribution is 2.22. The summed E-state index contributed by atoms with van der Waals surface area (Å²) < 4.78 is 1.83. The number of nitrogens with zero attached hydrogens (tertiary/aromatic N) is 4. The van der Waals surface area contributed by atoms with E-state index in [4.69, 9.17) is 0 Å². The van der Waals surface area contributed by atoms with Crippen LogP contribution in [0.5, 0.6) is 0 Å². The summed E-state index contributed by atoms with van der Waals surface area (Å²) in [6, 6.07) is 15.9. The molecule has 6 heteroatoms. The Bertz CT molecular complexity index is 735. The Hall–Kier alpha value is -3.02. The molecule has 0 aliphatic carbocycles. The Morgan fingerprint density at radius 2 is 1.70 bits per heavy atom. The summed E-state index contributed by atoms with van der Waals surface area (Å²) in [7, 11) is 0. The van der Waals surface area contributed by atoms with Crippen LogP contribution >= 0.6 is 0 Å². The van der Waals surface area contributed by atoms with E-state index in [9.17, 15) is 10.1 Å². The summed E-state index contributed by atoms with van der Waals surface area (Å²) in [5, 5.41) is 18.7. The first-order valence-electron chi connectivity index (χ1n) is 5.96. The van der Waals surface area contributed by atoms with Crippen molar-refractivity contribution in [2.24, 2.45) is 0 Å². The monoisotopic (exact) mass is 266 g/mol. The van der Waals surface area contributed by atoms with Gasteiger partial charge in [-0.05, 0) is 24.3 Å². The second-order valence-corrected chi connectivity index (χ2v) is 4.16. The van der Waals surface area contributed by atoms with Gasteiger partial charge < -0.3 is 0 Å². The topological polar surface area (TPSA) is 73.8 Å². The van der Waals surface area contributed by atoms with Crippen molar-refractivity contribution in [1.82, 2.24) is 14.8 Å². The normalized spacial score (nSPS) is 10.4. The molecule has 0 bridgehead atoms. The van der Waals surface area contributed by atoms with Crippen LogP contribution in [0.15, 0.2) is 60.9 Å². The average Bonchev–Trinajstić information content (AvgIpc) is 2.97. The Kier molecular flexibility index (Phi) is 2.96. The summed E-state index contributed by atoms with van der Waals surface area (Å²) >= 11 is 0. The van der Waals surface area contributed by atoms with Crippen molar-refractivity contribution >= 4 is 5.69 Å². The summed E-state index contributed by atoms with van der Waals surface area (Å²) in [6.07, 6.45) is 1.62. The molecule has 0 N–H and O–H groups in total. The summed E-state index contributed by atoms with van der Waals surface area (Å²) in [6.45, 7) is 0. The van der Waals surface area contributed by atoms with E-state index in [1.54, 1.807) is 18.5 Å². The smallest absolute Gasteiger partial charge is 0.269 e. The number of nitro groups is 1. The minimum absolute atomic E-state index is 0.0551. The molecule has 0 fully saturated rings. The first-order chi connectivity index (χ1) is 9.75. The Labute approximate surface area is 114 Å². The first-order valence-corrected chi connectivity index (χ1v) is 5.96. The zero-order chi connectivity index (χ0) is 13.9. The van der Waals surface area contributed by atoms with Gasteiger partial charge in [0.15, 0.2) is 5.82 Å². The lowest BCUT2D eigenvalue weighted by atomic mass is 10.2. The van der Waals surface area contributed by atoms with Gasteiger partial charge in [-0.15, -0.1) is 10.2 Å². The molecule has 0 aliphatic rings. The van der Waals surface area contributed by atoms with Gasteiger partial charge in [0.05, 0.1) is 4.92 Å². The van der Waals surface area contributed by atoms with Crippen molar-refractivity contribution in [3.05, 3.63) is 71.0 Å². The average molecular weight is 266 g/mol. The molecule has 3 rings (SSSR count). The van der Waals surface area contributed by atoms with Gasteiger partial charge in [-0.25, -0.2) is 0 Å². The van der Waals surface area contributed by atoms with Crippen LogP contribution in [0.2, 0.25) is 0 Å². The third-order valence-corrected chi connectivity index (χ3v) is 2.92. The fourth-order valence-corrected chi connectivity index (χ4v) is 1.94. The van der Waals surface area contributed by atoms with Gasteiger partial charge in [0.1, 0.15) is 6.33 Å². The van der Waals surface area contributed by atoms with Crippen LogP contribution in [0.1, 0.15) is 0 Å². The lowest BCUT2D eigenvalue weighted by Crippen LogP contribution is -1.96. The number of aromatic nitrogens is 3. The molecule has 0 unspecified atom stereocenters. The van der Waals surface area contributed by atoms with Gasteiger partial charge in [0.25, 0.3) is 5.69 Å². The number of rotatable bonds is 3. The van der Waals surface area contributed by atoms with Crippen molar-refractivity contribution < 1.29 is 4.92 Å². The van der Waals surface area contributed by atoms with E-state index >= 15 is 0 Å². The fraction of sp³-hybridized carbons (Fsp3) is 0. The van der Waals surface area contributed by atoms with E-state index in [2.05, 4.69) is 10.2 Å². The molecular weight excluding hydrogens is 256 g/mol. The molecule has 0 atom stereocenters. The molecule has 1 heterocycles. The zero-order valence-corrected chi connectivity index (χ0v) is 10.4. The molecule has 0 aliphatic heterocycles. The molecule has 1 aromatic heterocycles. The van der Waals surface area contributed by atoms with Crippen molar-refractivity contribution in [3.8, 4) is 17.1 Å². The summed E-state index contributed by atoms with van der Waals surface area (Å²) in [5.74, 6) is 0.645. The maximum absolute atomic E-state index is 10.7. The summed E-state index contributed by atoms with van der Waals surface area (Å²) in [4.78, 5) is 10.2. The fourth-order valence-electron chi connectivity index (χ4n) is 1.94. The molecule has 0 saturated carbocycles. The highest BCUT2D eigenvalue weighted by molar-refractivity contribution is 5.59. The molecule has 20 heavy (non-hydrogen) atoms. The number of non-ortho nitro benzene ring substituents is 1. The van der Waals surface area contributed by atoms with Crippen molar-refractivity contribution in [3.63, 3.8) is 0 Å². The minimum Gasteiger partial charge on any atom is -0.282 e. The molecule has 2 aromatic carbocycles. The highest BCUT2D eigenvalue weighted by Gasteiger charge is 2.11. The third-order valence-electron chi connectivity index (χ3n) is 2.92. The Morgan fingerprint density at radius 1 is 1.00 bits per heavy atom. The van der Waals surface area contributed by atoms with Crippen molar-refractivity contribution in [2.45, 2.75) is 0 Å². The van der Waals surface area contributed by atoms with Gasteiger partial charge in [0.2, 0.25) is 0 Å². The predicted molar refractivity (Wildman–Crippen MR) is 73.4 cm³/mol. The maximum Gasteiger partial charge on any atom is 0.269 e. The van der Waals surface area contributed by atoms with Gasteiger partial charge >= 0.3 is 0 Å². The zero-order valence-electron chi connectivity index (χ0n) is 10.4. The van der Waals surface area contributed by atoms with Gasteiger partial charge in [-0.3, -0.25) is 14.7 Å². The van der Waals surface area contributed by atoms with Crippen LogP contribution in [-0.4, -0.2) is 19.7 Å². The lowest BCUT2D eigenvalue weighted by Gasteiger charge is -2.06. The molecule has 6 nitrogen and oxygen atoms in total. The third kappa shape index (κ3) is 2.14. The van der Waals surface area contributed by atoms with E-state index in [1.807, 2.05) is 34.9 Å². The number of nitro benzene ring substituents is 1. The van der Waals surface area contributed by atoms with Crippen LogP contribution in [0.25, 0.3) is 17.1 Å². The van der Waals surface area contributed by atoms with Crippen LogP contribution in [0.3, 0.4) is 0 Å². The van der Waals surface area contributed by atoms with Crippen LogP contribution < -0.4 is 0 Å². The van der Waals surface area contributed by atoms with Crippen LogP contribution in [0, 0.1) is 10.1 Å². The standard InChI is InChI=1S/C14H10N4O2/c19-18(20)13-8-6-11(7-9-13)14-16-15-10-17(14)12-4-2-1-3-5-12/h1-10H. The Morgan fingerprint density at radius 3 is 2.35 bits per heavy atom. The molecule has 98 valence electrons. The Balaban J connectivity index is 2.04.